The van der Waals surface area contributed by atoms with Crippen LogP contribution in [0.5, 0.6) is 0 Å². The fourth-order valence-corrected chi connectivity index (χ4v) is 3.32. The lowest BCUT2D eigenvalue weighted by atomic mass is 9.95. The smallest absolute Gasteiger partial charge is 0.261 e. The molecule has 3 rings (SSSR count). The molecule has 4 nitrogen and oxygen atoms in total. The first-order valence-corrected chi connectivity index (χ1v) is 7.81. The average molecular weight is 318 g/mol. The van der Waals surface area contributed by atoms with Crippen LogP contribution in [0.15, 0.2) is 35.7 Å². The molecule has 0 spiro atoms. The van der Waals surface area contributed by atoms with Crippen molar-refractivity contribution < 1.29 is 14.0 Å². The SMILES string of the molecule is NC(=O)c1csc(C(=O)NCC2(c3ccccc3F)CC2)c1. The standard InChI is InChI=1S/C16H15FN2O2S/c17-12-4-2-1-3-11(12)16(5-6-16)9-19-15(21)13-7-10(8-22-13)14(18)20/h1-4,7-8H,5-6,9H2,(H2,18,20)(H,19,21). The van der Waals surface area contributed by atoms with E-state index in [1.165, 1.54) is 23.5 Å². The van der Waals surface area contributed by atoms with Crippen molar-refractivity contribution in [2.45, 2.75) is 18.3 Å². The number of nitrogens with two attached hydrogens (primary N) is 1. The van der Waals surface area contributed by atoms with Gasteiger partial charge in [-0.3, -0.25) is 9.59 Å². The average Bonchev–Trinajstić information content (AvgIpc) is 3.10. The van der Waals surface area contributed by atoms with E-state index in [1.807, 2.05) is 0 Å². The normalized spacial score (nSPS) is 15.3. The van der Waals surface area contributed by atoms with Gasteiger partial charge in [0.15, 0.2) is 0 Å². The maximum Gasteiger partial charge on any atom is 0.261 e. The highest BCUT2D eigenvalue weighted by Gasteiger charge is 2.46. The summed E-state index contributed by atoms with van der Waals surface area (Å²) < 4.78 is 13.9. The molecule has 1 fully saturated rings. The van der Waals surface area contributed by atoms with Gasteiger partial charge < -0.3 is 11.1 Å². The van der Waals surface area contributed by atoms with Crippen LogP contribution in [0.2, 0.25) is 0 Å². The zero-order valence-electron chi connectivity index (χ0n) is 11.8. The number of nitrogens with one attached hydrogen (secondary N) is 1. The van der Waals surface area contributed by atoms with Crippen LogP contribution >= 0.6 is 11.3 Å². The van der Waals surface area contributed by atoms with Gasteiger partial charge in [0.1, 0.15) is 5.82 Å². The molecule has 2 aromatic rings. The van der Waals surface area contributed by atoms with Gasteiger partial charge >= 0.3 is 0 Å². The van der Waals surface area contributed by atoms with Gasteiger partial charge in [0.05, 0.1) is 10.4 Å². The molecule has 1 aliphatic rings. The van der Waals surface area contributed by atoms with Crippen LogP contribution in [0.3, 0.4) is 0 Å². The molecule has 0 unspecified atom stereocenters. The lowest BCUT2D eigenvalue weighted by Crippen LogP contribution is -2.32. The molecule has 1 aromatic carbocycles. The van der Waals surface area contributed by atoms with Crippen LogP contribution in [0.4, 0.5) is 4.39 Å². The highest BCUT2D eigenvalue weighted by Crippen LogP contribution is 2.48. The minimum atomic E-state index is -0.555. The van der Waals surface area contributed by atoms with E-state index in [-0.39, 0.29) is 17.1 Å². The Morgan fingerprint density at radius 3 is 2.64 bits per heavy atom. The third-order valence-corrected chi connectivity index (χ3v) is 4.92. The highest BCUT2D eigenvalue weighted by atomic mass is 32.1. The van der Waals surface area contributed by atoms with Crippen LogP contribution in [0, 0.1) is 5.82 Å². The molecule has 0 radical (unpaired) electrons. The molecule has 3 N–H and O–H groups in total. The first-order chi connectivity index (χ1) is 10.5. The molecule has 1 saturated carbocycles. The van der Waals surface area contributed by atoms with Crippen LogP contribution in [0.1, 0.15) is 38.4 Å². The van der Waals surface area contributed by atoms with Crippen molar-refractivity contribution in [1.82, 2.24) is 5.32 Å². The van der Waals surface area contributed by atoms with Crippen molar-refractivity contribution in [3.05, 3.63) is 57.5 Å². The van der Waals surface area contributed by atoms with Gasteiger partial charge in [-0.05, 0) is 30.5 Å². The Balaban J connectivity index is 1.68. The van der Waals surface area contributed by atoms with Crippen LogP contribution in [0.25, 0.3) is 0 Å². The van der Waals surface area contributed by atoms with E-state index in [4.69, 9.17) is 5.73 Å². The zero-order valence-corrected chi connectivity index (χ0v) is 12.6. The molecule has 0 aliphatic heterocycles. The van der Waals surface area contributed by atoms with Crippen molar-refractivity contribution in [1.29, 1.82) is 0 Å². The van der Waals surface area contributed by atoms with Crippen molar-refractivity contribution in [3.8, 4) is 0 Å². The first kappa shape index (κ1) is 14.7. The molecular formula is C16H15FN2O2S. The van der Waals surface area contributed by atoms with Gasteiger partial charge in [-0.25, -0.2) is 4.39 Å². The molecule has 2 amide bonds. The van der Waals surface area contributed by atoms with E-state index in [0.717, 1.165) is 12.8 Å². The van der Waals surface area contributed by atoms with E-state index in [0.29, 0.717) is 22.5 Å². The Kier molecular flexibility index (Phi) is 3.70. The predicted molar refractivity (Wildman–Crippen MR) is 82.5 cm³/mol. The number of thiophene rings is 1. The molecule has 0 atom stereocenters. The van der Waals surface area contributed by atoms with Gasteiger partial charge in [0.2, 0.25) is 5.91 Å². The summed E-state index contributed by atoms with van der Waals surface area (Å²) in [5.74, 6) is -1.05. The minimum absolute atomic E-state index is 0.235. The van der Waals surface area contributed by atoms with Crippen molar-refractivity contribution in [2.75, 3.05) is 6.54 Å². The van der Waals surface area contributed by atoms with Gasteiger partial charge in [-0.15, -0.1) is 11.3 Å². The molecular weight excluding hydrogens is 303 g/mol. The lowest BCUT2D eigenvalue weighted by molar-refractivity contribution is 0.0953. The summed E-state index contributed by atoms with van der Waals surface area (Å²) in [6.45, 7) is 0.385. The molecule has 0 bridgehead atoms. The third kappa shape index (κ3) is 2.74. The summed E-state index contributed by atoms with van der Waals surface area (Å²) in [5, 5.41) is 4.39. The van der Waals surface area contributed by atoms with E-state index >= 15 is 0 Å². The second kappa shape index (κ2) is 5.53. The number of benzene rings is 1. The van der Waals surface area contributed by atoms with Gasteiger partial charge in [-0.1, -0.05) is 18.2 Å². The molecule has 0 saturated heterocycles. The quantitative estimate of drug-likeness (QED) is 0.889. The fourth-order valence-electron chi connectivity index (χ4n) is 2.50. The number of carbonyl (C=O) groups excluding carboxylic acids is 2. The third-order valence-electron chi connectivity index (χ3n) is 3.99. The summed E-state index contributed by atoms with van der Waals surface area (Å²) in [6, 6.07) is 8.15. The fraction of sp³-hybridized carbons (Fsp3) is 0.250. The number of amides is 2. The number of hydrogen-bond acceptors (Lipinski definition) is 3. The molecule has 114 valence electrons. The maximum absolute atomic E-state index is 13.9. The second-order valence-electron chi connectivity index (χ2n) is 5.51. The van der Waals surface area contributed by atoms with E-state index in [2.05, 4.69) is 5.32 Å². The Bertz CT molecular complexity index is 737. The van der Waals surface area contributed by atoms with Crippen molar-refractivity contribution in [3.63, 3.8) is 0 Å². The van der Waals surface area contributed by atoms with Gasteiger partial charge in [-0.2, -0.15) is 0 Å². The van der Waals surface area contributed by atoms with E-state index in [1.54, 1.807) is 23.6 Å². The van der Waals surface area contributed by atoms with Gasteiger partial charge in [0.25, 0.3) is 5.91 Å². The topological polar surface area (TPSA) is 72.2 Å². The monoisotopic (exact) mass is 318 g/mol. The molecule has 22 heavy (non-hydrogen) atoms. The summed E-state index contributed by atoms with van der Waals surface area (Å²) in [5.41, 5.74) is 5.84. The van der Waals surface area contributed by atoms with Crippen molar-refractivity contribution >= 4 is 23.2 Å². The predicted octanol–water partition coefficient (Wildman–Crippen LogP) is 2.45. The van der Waals surface area contributed by atoms with E-state index < -0.39 is 5.91 Å². The van der Waals surface area contributed by atoms with Crippen LogP contribution < -0.4 is 11.1 Å². The zero-order chi connectivity index (χ0) is 15.7. The number of hydrogen-bond donors (Lipinski definition) is 2. The number of primary amides is 1. The molecule has 1 heterocycles. The first-order valence-electron chi connectivity index (χ1n) is 6.93. The molecule has 1 aliphatic carbocycles. The summed E-state index contributed by atoms with van der Waals surface area (Å²) >= 11 is 1.17. The summed E-state index contributed by atoms with van der Waals surface area (Å²) in [4.78, 5) is 23.6. The highest BCUT2D eigenvalue weighted by molar-refractivity contribution is 7.12. The van der Waals surface area contributed by atoms with Gasteiger partial charge in [0, 0.05) is 17.3 Å². The lowest BCUT2D eigenvalue weighted by Gasteiger charge is -2.17. The van der Waals surface area contributed by atoms with E-state index in [9.17, 15) is 14.0 Å². The van der Waals surface area contributed by atoms with Crippen molar-refractivity contribution in [2.24, 2.45) is 5.73 Å². The number of carbonyl (C=O) groups is 2. The largest absolute Gasteiger partial charge is 0.366 e. The summed E-state index contributed by atoms with van der Waals surface area (Å²) in [6.07, 6.45) is 1.70. The Labute approximate surface area is 131 Å². The van der Waals surface area contributed by atoms with Crippen LogP contribution in [-0.4, -0.2) is 18.4 Å². The number of halogens is 1. The Morgan fingerprint density at radius 1 is 1.32 bits per heavy atom. The summed E-state index contributed by atoms with van der Waals surface area (Å²) in [7, 11) is 0. The molecule has 6 heteroatoms. The number of rotatable bonds is 5. The molecule has 1 aromatic heterocycles. The minimum Gasteiger partial charge on any atom is -0.366 e. The maximum atomic E-state index is 13.9. The Morgan fingerprint density at radius 2 is 2.05 bits per heavy atom. The second-order valence-corrected chi connectivity index (χ2v) is 6.42. The Hall–Kier alpha value is -2.21. The van der Waals surface area contributed by atoms with Crippen LogP contribution in [-0.2, 0) is 5.41 Å².